The second-order valence-electron chi connectivity index (χ2n) is 4.73. The van der Waals surface area contributed by atoms with Gasteiger partial charge >= 0.3 is 18.2 Å². The van der Waals surface area contributed by atoms with Crippen molar-refractivity contribution in [2.24, 2.45) is 0 Å². The van der Waals surface area contributed by atoms with Gasteiger partial charge < -0.3 is 9.47 Å². The lowest BCUT2D eigenvalue weighted by molar-refractivity contribution is -0.142. The number of nitriles is 1. The molecule has 2 rings (SSSR count). The molecule has 6 nitrogen and oxygen atoms in total. The lowest BCUT2D eigenvalue weighted by atomic mass is 9.99. The van der Waals surface area contributed by atoms with Crippen molar-refractivity contribution in [1.82, 2.24) is 0 Å². The van der Waals surface area contributed by atoms with E-state index in [9.17, 15) is 22.8 Å². The molecule has 0 aliphatic carbocycles. The number of rotatable bonds is 2. The van der Waals surface area contributed by atoms with E-state index in [0.717, 1.165) is 25.0 Å². The molecule has 23 heavy (non-hydrogen) atoms. The fraction of sp³-hybridized carbons (Fsp3) is 0.357. The Morgan fingerprint density at radius 3 is 2.65 bits per heavy atom. The Morgan fingerprint density at radius 2 is 2.13 bits per heavy atom. The third kappa shape index (κ3) is 2.79. The Balaban J connectivity index is 2.62. The summed E-state index contributed by atoms with van der Waals surface area (Å²) in [5, 5.41) is 8.86. The van der Waals surface area contributed by atoms with E-state index in [1.807, 2.05) is 0 Å². The predicted octanol–water partition coefficient (Wildman–Crippen LogP) is 2.38. The van der Waals surface area contributed by atoms with Crippen LogP contribution in [0.2, 0.25) is 0 Å². The number of alkyl halides is 3. The van der Waals surface area contributed by atoms with E-state index in [1.165, 1.54) is 12.1 Å². The molecule has 1 atom stereocenters. The quantitative estimate of drug-likeness (QED) is 0.779. The molecule has 0 spiro atoms. The fourth-order valence-electron chi connectivity index (χ4n) is 2.42. The number of amides is 1. The molecule has 0 radical (unpaired) electrons. The van der Waals surface area contributed by atoms with Gasteiger partial charge in [-0.3, -0.25) is 4.90 Å². The number of nitrogens with zero attached hydrogens (tertiary/aromatic N) is 2. The van der Waals surface area contributed by atoms with Crippen molar-refractivity contribution < 1.29 is 32.2 Å². The summed E-state index contributed by atoms with van der Waals surface area (Å²) in [6, 6.07) is 2.41. The smallest absolute Gasteiger partial charge is 0.418 e. The zero-order valence-corrected chi connectivity index (χ0v) is 12.1. The first kappa shape index (κ1) is 16.6. The van der Waals surface area contributed by atoms with Crippen LogP contribution in [0.3, 0.4) is 0 Å². The maximum atomic E-state index is 13.2. The van der Waals surface area contributed by atoms with Crippen LogP contribution >= 0.6 is 0 Å². The molecule has 0 bridgehead atoms. The van der Waals surface area contributed by atoms with Crippen molar-refractivity contribution in [2.75, 3.05) is 18.6 Å². The molecule has 1 aromatic rings. The van der Waals surface area contributed by atoms with Gasteiger partial charge in [0.25, 0.3) is 0 Å². The van der Waals surface area contributed by atoms with Crippen LogP contribution < -0.4 is 4.90 Å². The van der Waals surface area contributed by atoms with Crippen molar-refractivity contribution in [1.29, 1.82) is 5.26 Å². The topological polar surface area (TPSA) is 79.6 Å². The Bertz CT molecular complexity index is 709. The summed E-state index contributed by atoms with van der Waals surface area (Å²) >= 11 is 0. The normalized spacial score (nSPS) is 17.7. The number of carbonyl (C=O) groups excluding carboxylic acids is 2. The van der Waals surface area contributed by atoms with E-state index in [4.69, 9.17) is 10.00 Å². The van der Waals surface area contributed by atoms with Crippen molar-refractivity contribution in [3.8, 4) is 6.07 Å². The minimum Gasteiger partial charge on any atom is -0.467 e. The minimum absolute atomic E-state index is 0.158. The van der Waals surface area contributed by atoms with Crippen molar-refractivity contribution in [2.45, 2.75) is 19.1 Å². The first-order valence-electron chi connectivity index (χ1n) is 6.37. The standard InChI is InChI=1S/C14H11F3N2O4/c1-7-9(4-3-8(5-18)11(7)14(15,16)17)19-10(12(20)22-2)6-23-13(19)21/h3-4,10H,6H2,1-2H3/t10-/m1/s1. The third-order valence-corrected chi connectivity index (χ3v) is 3.45. The number of anilines is 1. The summed E-state index contributed by atoms with van der Waals surface area (Å²) in [4.78, 5) is 24.3. The zero-order valence-electron chi connectivity index (χ0n) is 12.1. The van der Waals surface area contributed by atoms with Crippen LogP contribution in [0.15, 0.2) is 12.1 Å². The summed E-state index contributed by atoms with van der Waals surface area (Å²) in [7, 11) is 1.09. The lowest BCUT2D eigenvalue weighted by Gasteiger charge is -2.23. The number of benzene rings is 1. The van der Waals surface area contributed by atoms with Gasteiger partial charge in [-0.1, -0.05) is 0 Å². The molecule has 0 N–H and O–H groups in total. The maximum Gasteiger partial charge on any atom is 0.418 e. The van der Waals surface area contributed by atoms with Gasteiger partial charge in [0.15, 0.2) is 6.04 Å². The van der Waals surface area contributed by atoms with Gasteiger partial charge in [0.05, 0.1) is 30.0 Å². The molecule has 1 saturated heterocycles. The molecule has 9 heteroatoms. The molecule has 1 amide bonds. The number of esters is 1. The van der Waals surface area contributed by atoms with Gasteiger partial charge in [0.1, 0.15) is 6.61 Å². The van der Waals surface area contributed by atoms with Crippen molar-refractivity contribution >= 4 is 17.7 Å². The van der Waals surface area contributed by atoms with Crippen LogP contribution in [0.5, 0.6) is 0 Å². The van der Waals surface area contributed by atoms with Crippen LogP contribution in [0, 0.1) is 18.3 Å². The Hall–Kier alpha value is -2.76. The van der Waals surface area contributed by atoms with Crippen LogP contribution in [0.25, 0.3) is 0 Å². The second kappa shape index (κ2) is 5.79. The van der Waals surface area contributed by atoms with Crippen LogP contribution in [0.1, 0.15) is 16.7 Å². The number of hydrogen-bond donors (Lipinski definition) is 0. The Labute approximate surface area is 129 Å². The van der Waals surface area contributed by atoms with Crippen LogP contribution in [-0.2, 0) is 20.4 Å². The van der Waals surface area contributed by atoms with Crippen molar-refractivity contribution in [3.05, 3.63) is 28.8 Å². The largest absolute Gasteiger partial charge is 0.467 e. The number of ether oxygens (including phenoxy) is 2. The van der Waals surface area contributed by atoms with Crippen LogP contribution in [0.4, 0.5) is 23.7 Å². The van der Waals surface area contributed by atoms with Gasteiger partial charge in [0, 0.05) is 0 Å². The van der Waals surface area contributed by atoms with Gasteiger partial charge in [-0.05, 0) is 24.6 Å². The average molecular weight is 328 g/mol. The van der Waals surface area contributed by atoms with E-state index in [2.05, 4.69) is 4.74 Å². The van der Waals surface area contributed by atoms with Gasteiger partial charge in [-0.15, -0.1) is 0 Å². The molecule has 122 valence electrons. The molecule has 0 saturated carbocycles. The third-order valence-electron chi connectivity index (χ3n) is 3.45. The highest BCUT2D eigenvalue weighted by Crippen LogP contribution is 2.39. The number of hydrogen-bond acceptors (Lipinski definition) is 5. The molecular weight excluding hydrogens is 317 g/mol. The highest BCUT2D eigenvalue weighted by molar-refractivity contribution is 5.99. The molecule has 1 heterocycles. The van der Waals surface area contributed by atoms with E-state index in [-0.39, 0.29) is 17.9 Å². The van der Waals surface area contributed by atoms with Gasteiger partial charge in [-0.2, -0.15) is 18.4 Å². The highest BCUT2D eigenvalue weighted by atomic mass is 19.4. The first-order valence-corrected chi connectivity index (χ1v) is 6.37. The molecule has 1 aliphatic heterocycles. The number of halogens is 3. The SMILES string of the molecule is COC(=O)[C@H]1COC(=O)N1c1ccc(C#N)c(C(F)(F)F)c1C. The van der Waals surface area contributed by atoms with E-state index in [0.29, 0.717) is 0 Å². The summed E-state index contributed by atoms with van der Waals surface area (Å²) < 4.78 is 48.9. The summed E-state index contributed by atoms with van der Waals surface area (Å²) in [6.07, 6.45) is -5.74. The Morgan fingerprint density at radius 1 is 1.48 bits per heavy atom. The molecular formula is C14H11F3N2O4. The van der Waals surface area contributed by atoms with Gasteiger partial charge in [0.2, 0.25) is 0 Å². The van der Waals surface area contributed by atoms with E-state index < -0.39 is 35.4 Å². The minimum atomic E-state index is -4.78. The molecule has 0 unspecified atom stereocenters. The fourth-order valence-corrected chi connectivity index (χ4v) is 2.42. The number of carbonyl (C=O) groups is 2. The maximum absolute atomic E-state index is 13.2. The Kier molecular flexibility index (Phi) is 4.18. The van der Waals surface area contributed by atoms with Crippen molar-refractivity contribution in [3.63, 3.8) is 0 Å². The molecule has 1 fully saturated rings. The summed E-state index contributed by atoms with van der Waals surface area (Å²) in [6.45, 7) is 0.797. The molecule has 0 aromatic heterocycles. The summed E-state index contributed by atoms with van der Waals surface area (Å²) in [5.41, 5.74) is -2.22. The summed E-state index contributed by atoms with van der Waals surface area (Å²) in [5.74, 6) is -0.812. The molecule has 1 aliphatic rings. The predicted molar refractivity (Wildman–Crippen MR) is 70.5 cm³/mol. The van der Waals surface area contributed by atoms with E-state index >= 15 is 0 Å². The van der Waals surface area contributed by atoms with Crippen LogP contribution in [-0.4, -0.2) is 31.8 Å². The van der Waals surface area contributed by atoms with Gasteiger partial charge in [-0.25, -0.2) is 9.59 Å². The lowest BCUT2D eigenvalue weighted by Crippen LogP contribution is -2.41. The average Bonchev–Trinajstić information content (AvgIpc) is 2.86. The second-order valence-corrected chi connectivity index (χ2v) is 4.73. The van der Waals surface area contributed by atoms with E-state index in [1.54, 1.807) is 0 Å². The monoisotopic (exact) mass is 328 g/mol. The number of methoxy groups -OCH3 is 1. The number of cyclic esters (lactones) is 1. The molecule has 1 aromatic carbocycles. The highest BCUT2D eigenvalue weighted by Gasteiger charge is 2.43. The zero-order chi connectivity index (χ0) is 17.4. The first-order chi connectivity index (χ1) is 10.7.